The number of fused-ring (bicyclic) bond motifs is 1. The number of carbonyl (C=O) groups excluding carboxylic acids is 4. The van der Waals surface area contributed by atoms with Gasteiger partial charge in [0.1, 0.15) is 6.54 Å². The average molecular weight is 412 g/mol. The fourth-order valence-electron chi connectivity index (χ4n) is 3.81. The molecule has 3 amide bonds. The highest BCUT2D eigenvalue weighted by molar-refractivity contribution is 6.07. The van der Waals surface area contributed by atoms with Crippen LogP contribution in [0, 0.1) is 11.8 Å². The predicted octanol–water partition coefficient (Wildman–Crippen LogP) is 1.96. The summed E-state index contributed by atoms with van der Waals surface area (Å²) in [6.45, 7) is 3.82. The molecular weight excluding hydrogens is 384 g/mol. The smallest absolute Gasteiger partial charge is 0.326 e. The Morgan fingerprint density at radius 3 is 2.23 bits per heavy atom. The normalized spacial score (nSPS) is 20.4. The molecule has 0 spiro atoms. The molecule has 30 heavy (non-hydrogen) atoms. The first-order valence-electron chi connectivity index (χ1n) is 10.4. The van der Waals surface area contributed by atoms with Crippen LogP contribution in [0.5, 0.6) is 0 Å². The molecule has 0 saturated carbocycles. The molecule has 1 aliphatic carbocycles. The number of ether oxygens (including phenoxy) is 1. The van der Waals surface area contributed by atoms with Crippen LogP contribution < -0.4 is 5.32 Å². The Morgan fingerprint density at radius 1 is 1.07 bits per heavy atom. The van der Waals surface area contributed by atoms with Crippen molar-refractivity contribution in [3.05, 3.63) is 47.5 Å². The largest absolute Gasteiger partial charge is 0.454 e. The maximum atomic E-state index is 12.3. The first-order valence-corrected chi connectivity index (χ1v) is 10.4. The van der Waals surface area contributed by atoms with E-state index in [9.17, 15) is 19.2 Å². The highest BCUT2D eigenvalue weighted by atomic mass is 16.5. The van der Waals surface area contributed by atoms with E-state index in [0.717, 1.165) is 10.5 Å². The monoisotopic (exact) mass is 412 g/mol. The van der Waals surface area contributed by atoms with E-state index in [1.165, 1.54) is 5.56 Å². The lowest BCUT2D eigenvalue weighted by Gasteiger charge is -2.14. The maximum absolute atomic E-state index is 12.3. The van der Waals surface area contributed by atoms with Crippen molar-refractivity contribution in [2.45, 2.75) is 39.0 Å². The highest BCUT2D eigenvalue weighted by Crippen LogP contribution is 2.34. The van der Waals surface area contributed by atoms with E-state index in [1.807, 2.05) is 24.3 Å². The molecular formula is C23H28N2O5. The second-order valence-electron chi connectivity index (χ2n) is 8.08. The molecule has 1 aromatic carbocycles. The quantitative estimate of drug-likeness (QED) is 0.400. The Hall–Kier alpha value is -2.96. The van der Waals surface area contributed by atoms with Gasteiger partial charge in [-0.15, -0.1) is 0 Å². The minimum atomic E-state index is -0.761. The standard InChI is InChI=1S/C23H28N2O5/c1-15(2)17-9-7-16(8-10-17)11-12-24-20(26)14-30-21(27)13-25-22(28)18-5-3-4-6-19(18)23(25)29/h3-4,7-10,15,18-19H,5-6,11-14H2,1-2H3,(H,24,26)/t18-,19-/m1/s1. The number of imide groups is 1. The van der Waals surface area contributed by atoms with E-state index in [2.05, 4.69) is 31.3 Å². The van der Waals surface area contributed by atoms with Crippen LogP contribution >= 0.6 is 0 Å². The van der Waals surface area contributed by atoms with Crippen molar-refractivity contribution in [2.75, 3.05) is 19.7 Å². The molecule has 7 nitrogen and oxygen atoms in total. The van der Waals surface area contributed by atoms with E-state index in [0.29, 0.717) is 31.7 Å². The summed E-state index contributed by atoms with van der Waals surface area (Å²) in [5, 5.41) is 2.70. The summed E-state index contributed by atoms with van der Waals surface area (Å²) in [6, 6.07) is 8.24. The Balaban J connectivity index is 1.37. The van der Waals surface area contributed by atoms with Crippen molar-refractivity contribution in [3.63, 3.8) is 0 Å². The van der Waals surface area contributed by atoms with Crippen molar-refractivity contribution in [3.8, 4) is 0 Å². The number of benzene rings is 1. The Bertz CT molecular complexity index is 818. The van der Waals surface area contributed by atoms with Gasteiger partial charge in [-0.2, -0.15) is 0 Å². The van der Waals surface area contributed by atoms with Crippen molar-refractivity contribution < 1.29 is 23.9 Å². The van der Waals surface area contributed by atoms with Crippen molar-refractivity contribution >= 4 is 23.7 Å². The molecule has 1 aliphatic heterocycles. The summed E-state index contributed by atoms with van der Waals surface area (Å²) < 4.78 is 4.95. The number of hydrogen-bond donors (Lipinski definition) is 1. The van der Waals surface area contributed by atoms with Crippen LogP contribution in [0.4, 0.5) is 0 Å². The van der Waals surface area contributed by atoms with E-state index < -0.39 is 25.0 Å². The molecule has 1 N–H and O–H groups in total. The van der Waals surface area contributed by atoms with Crippen molar-refractivity contribution in [1.29, 1.82) is 0 Å². The summed E-state index contributed by atoms with van der Waals surface area (Å²) in [6.07, 6.45) is 5.48. The number of rotatable bonds is 8. The molecule has 1 heterocycles. The summed E-state index contributed by atoms with van der Waals surface area (Å²) in [5.41, 5.74) is 2.37. The second-order valence-corrected chi connectivity index (χ2v) is 8.08. The van der Waals surface area contributed by atoms with Gasteiger partial charge in [0.2, 0.25) is 11.8 Å². The fraction of sp³-hybridized carbons (Fsp3) is 0.478. The minimum absolute atomic E-state index is 0.334. The summed E-state index contributed by atoms with van der Waals surface area (Å²) in [5.74, 6) is -2.14. The topological polar surface area (TPSA) is 92.8 Å². The number of esters is 1. The third kappa shape index (κ3) is 5.14. The van der Waals surface area contributed by atoms with E-state index >= 15 is 0 Å². The van der Waals surface area contributed by atoms with Gasteiger partial charge in [0.15, 0.2) is 6.61 Å². The van der Waals surface area contributed by atoms with Crippen LogP contribution in [0.3, 0.4) is 0 Å². The molecule has 1 fully saturated rings. The third-order valence-electron chi connectivity index (χ3n) is 5.63. The number of nitrogens with one attached hydrogen (secondary N) is 1. The SMILES string of the molecule is CC(C)c1ccc(CCNC(=O)COC(=O)CN2C(=O)[C@@H]3CC=CC[C@H]3C2=O)cc1. The second kappa shape index (κ2) is 9.69. The molecule has 1 saturated heterocycles. The van der Waals surface area contributed by atoms with Gasteiger partial charge >= 0.3 is 5.97 Å². The maximum Gasteiger partial charge on any atom is 0.326 e. The van der Waals surface area contributed by atoms with Gasteiger partial charge in [0.05, 0.1) is 11.8 Å². The summed E-state index contributed by atoms with van der Waals surface area (Å²) in [7, 11) is 0. The van der Waals surface area contributed by atoms with Crippen LogP contribution in [-0.4, -0.2) is 48.3 Å². The van der Waals surface area contributed by atoms with E-state index in [4.69, 9.17) is 4.74 Å². The summed E-state index contributed by atoms with van der Waals surface area (Å²) >= 11 is 0. The van der Waals surface area contributed by atoms with Gasteiger partial charge in [0, 0.05) is 6.54 Å². The van der Waals surface area contributed by atoms with E-state index in [-0.39, 0.29) is 23.7 Å². The van der Waals surface area contributed by atoms with Crippen LogP contribution in [-0.2, 0) is 30.3 Å². The highest BCUT2D eigenvalue weighted by Gasteiger charge is 2.47. The van der Waals surface area contributed by atoms with Crippen LogP contribution in [0.2, 0.25) is 0 Å². The molecule has 3 rings (SSSR count). The molecule has 0 radical (unpaired) electrons. The number of amides is 3. The molecule has 7 heteroatoms. The number of likely N-dealkylation sites (tertiary alicyclic amines) is 1. The molecule has 0 aromatic heterocycles. The van der Waals surface area contributed by atoms with E-state index in [1.54, 1.807) is 0 Å². The number of nitrogens with zero attached hydrogens (tertiary/aromatic N) is 1. The molecule has 1 aromatic rings. The fourth-order valence-corrected chi connectivity index (χ4v) is 3.81. The van der Waals surface area contributed by atoms with Crippen LogP contribution in [0.1, 0.15) is 43.7 Å². The van der Waals surface area contributed by atoms with Gasteiger partial charge in [-0.05, 0) is 36.3 Å². The first kappa shape index (κ1) is 21.7. The van der Waals surface area contributed by atoms with Gasteiger partial charge in [-0.3, -0.25) is 24.1 Å². The number of hydrogen-bond acceptors (Lipinski definition) is 5. The van der Waals surface area contributed by atoms with Crippen LogP contribution in [0.15, 0.2) is 36.4 Å². The zero-order valence-corrected chi connectivity index (χ0v) is 17.4. The molecule has 0 bridgehead atoms. The van der Waals surface area contributed by atoms with Crippen molar-refractivity contribution in [1.82, 2.24) is 10.2 Å². The predicted molar refractivity (Wildman–Crippen MR) is 110 cm³/mol. The Morgan fingerprint density at radius 2 is 1.67 bits per heavy atom. The van der Waals surface area contributed by atoms with Gasteiger partial charge < -0.3 is 10.1 Å². The minimum Gasteiger partial charge on any atom is -0.454 e. The average Bonchev–Trinajstić information content (AvgIpc) is 2.98. The molecule has 2 aliphatic rings. The molecule has 2 atom stereocenters. The first-order chi connectivity index (χ1) is 14.4. The zero-order valence-electron chi connectivity index (χ0n) is 17.4. The third-order valence-corrected chi connectivity index (χ3v) is 5.63. The molecule has 160 valence electrons. The number of allylic oxidation sites excluding steroid dienone is 2. The number of carbonyl (C=O) groups is 4. The summed E-state index contributed by atoms with van der Waals surface area (Å²) in [4.78, 5) is 49.6. The van der Waals surface area contributed by atoms with Gasteiger partial charge in [0.25, 0.3) is 5.91 Å². The Labute approximate surface area is 176 Å². The Kier molecular flexibility index (Phi) is 7.03. The van der Waals surface area contributed by atoms with Crippen LogP contribution in [0.25, 0.3) is 0 Å². The lowest BCUT2D eigenvalue weighted by Crippen LogP contribution is -2.38. The van der Waals surface area contributed by atoms with Gasteiger partial charge in [-0.25, -0.2) is 0 Å². The van der Waals surface area contributed by atoms with Gasteiger partial charge in [-0.1, -0.05) is 50.3 Å². The zero-order chi connectivity index (χ0) is 21.7. The molecule has 0 unspecified atom stereocenters. The lowest BCUT2D eigenvalue weighted by atomic mass is 9.85. The lowest BCUT2D eigenvalue weighted by molar-refractivity contribution is -0.154. The van der Waals surface area contributed by atoms with Crippen molar-refractivity contribution in [2.24, 2.45) is 11.8 Å².